The second kappa shape index (κ2) is 7.72. The lowest BCUT2D eigenvalue weighted by atomic mass is 9.91. The summed E-state index contributed by atoms with van der Waals surface area (Å²) < 4.78 is 0. The average molecular weight is 213 g/mol. The number of carbonyl (C=O) groups is 1. The summed E-state index contributed by atoms with van der Waals surface area (Å²) >= 11 is 0. The molecule has 0 aliphatic heterocycles. The summed E-state index contributed by atoms with van der Waals surface area (Å²) in [7, 11) is 3.68. The molecule has 1 amide bonds. The lowest BCUT2D eigenvalue weighted by Crippen LogP contribution is -2.24. The maximum Gasteiger partial charge on any atom is 0.222 e. The fraction of sp³-hybridized carbons (Fsp3) is 0.923. The molecule has 1 atom stereocenters. The second-order valence-electron chi connectivity index (χ2n) is 5.12. The first-order chi connectivity index (χ1) is 6.97. The zero-order valence-electron chi connectivity index (χ0n) is 11.0. The summed E-state index contributed by atoms with van der Waals surface area (Å²) in [6, 6.07) is 0. The highest BCUT2D eigenvalue weighted by molar-refractivity contribution is 5.75. The van der Waals surface area contributed by atoms with Crippen molar-refractivity contribution in [3.8, 4) is 0 Å². The molecule has 0 rings (SSSR count). The van der Waals surface area contributed by atoms with Gasteiger partial charge in [-0.05, 0) is 18.3 Å². The Morgan fingerprint density at radius 2 is 1.73 bits per heavy atom. The predicted octanol–water partition coefficient (Wildman–Crippen LogP) is 3.32. The zero-order valence-corrected chi connectivity index (χ0v) is 11.0. The molecule has 2 heteroatoms. The standard InChI is InChI=1S/C13H27NO/c1-6-7-12(9-8-11(2)3)10-13(15)14(4)5/h11-12H,6-10H2,1-5H3/t12-/m0/s1. The van der Waals surface area contributed by atoms with Gasteiger partial charge >= 0.3 is 0 Å². The number of hydrogen-bond donors (Lipinski definition) is 0. The Kier molecular flexibility index (Phi) is 7.45. The van der Waals surface area contributed by atoms with Crippen LogP contribution in [0.25, 0.3) is 0 Å². The number of hydrogen-bond acceptors (Lipinski definition) is 1. The molecule has 15 heavy (non-hydrogen) atoms. The normalized spacial score (nSPS) is 12.9. The molecule has 2 nitrogen and oxygen atoms in total. The Balaban J connectivity index is 3.97. The lowest BCUT2D eigenvalue weighted by molar-refractivity contribution is -0.129. The first-order valence-electron chi connectivity index (χ1n) is 6.17. The van der Waals surface area contributed by atoms with E-state index in [9.17, 15) is 4.79 Å². The van der Waals surface area contributed by atoms with E-state index in [0.29, 0.717) is 5.92 Å². The fourth-order valence-corrected chi connectivity index (χ4v) is 1.76. The van der Waals surface area contributed by atoms with Gasteiger partial charge in [-0.15, -0.1) is 0 Å². The highest BCUT2D eigenvalue weighted by atomic mass is 16.2. The van der Waals surface area contributed by atoms with E-state index in [-0.39, 0.29) is 5.91 Å². The van der Waals surface area contributed by atoms with E-state index in [1.165, 1.54) is 25.7 Å². The minimum Gasteiger partial charge on any atom is -0.349 e. The van der Waals surface area contributed by atoms with Crippen LogP contribution in [0.5, 0.6) is 0 Å². The quantitative estimate of drug-likeness (QED) is 0.635. The topological polar surface area (TPSA) is 20.3 Å². The van der Waals surface area contributed by atoms with E-state index >= 15 is 0 Å². The third kappa shape index (κ3) is 7.40. The van der Waals surface area contributed by atoms with E-state index < -0.39 is 0 Å². The van der Waals surface area contributed by atoms with Crippen molar-refractivity contribution in [2.45, 2.75) is 52.9 Å². The summed E-state index contributed by atoms with van der Waals surface area (Å²) in [4.78, 5) is 13.3. The van der Waals surface area contributed by atoms with Crippen LogP contribution >= 0.6 is 0 Å². The molecule has 0 aliphatic carbocycles. The molecule has 0 aromatic heterocycles. The smallest absolute Gasteiger partial charge is 0.222 e. The fourth-order valence-electron chi connectivity index (χ4n) is 1.76. The van der Waals surface area contributed by atoms with Gasteiger partial charge in [-0.2, -0.15) is 0 Å². The van der Waals surface area contributed by atoms with E-state index in [4.69, 9.17) is 0 Å². The zero-order chi connectivity index (χ0) is 11.8. The van der Waals surface area contributed by atoms with Crippen LogP contribution in [0.15, 0.2) is 0 Å². The highest BCUT2D eigenvalue weighted by Crippen LogP contribution is 2.21. The molecule has 0 bridgehead atoms. The average Bonchev–Trinajstić information content (AvgIpc) is 2.14. The van der Waals surface area contributed by atoms with Gasteiger partial charge in [0.1, 0.15) is 0 Å². The molecule has 0 aliphatic rings. The maximum atomic E-state index is 11.6. The van der Waals surface area contributed by atoms with Gasteiger partial charge in [-0.1, -0.05) is 40.0 Å². The number of carbonyl (C=O) groups excluding carboxylic acids is 1. The van der Waals surface area contributed by atoms with Crippen LogP contribution in [-0.4, -0.2) is 24.9 Å². The van der Waals surface area contributed by atoms with Crippen LogP contribution in [0, 0.1) is 11.8 Å². The van der Waals surface area contributed by atoms with Crippen molar-refractivity contribution in [2.75, 3.05) is 14.1 Å². The minimum atomic E-state index is 0.275. The minimum absolute atomic E-state index is 0.275. The van der Waals surface area contributed by atoms with Crippen LogP contribution in [0.2, 0.25) is 0 Å². The Morgan fingerprint density at radius 1 is 1.13 bits per heavy atom. The van der Waals surface area contributed by atoms with Gasteiger partial charge in [-0.3, -0.25) is 4.79 Å². The molecule has 0 aromatic rings. The molecule has 0 spiro atoms. The van der Waals surface area contributed by atoms with Crippen molar-refractivity contribution in [1.82, 2.24) is 4.90 Å². The Bertz CT molecular complexity index is 175. The van der Waals surface area contributed by atoms with Gasteiger partial charge in [0.25, 0.3) is 0 Å². The van der Waals surface area contributed by atoms with Gasteiger partial charge in [0.2, 0.25) is 5.91 Å². The van der Waals surface area contributed by atoms with Crippen LogP contribution in [0.1, 0.15) is 52.9 Å². The van der Waals surface area contributed by atoms with Gasteiger partial charge in [0.15, 0.2) is 0 Å². The van der Waals surface area contributed by atoms with E-state index in [1.54, 1.807) is 4.90 Å². The van der Waals surface area contributed by atoms with Crippen molar-refractivity contribution < 1.29 is 4.79 Å². The summed E-state index contributed by atoms with van der Waals surface area (Å²) in [5.41, 5.74) is 0. The van der Waals surface area contributed by atoms with E-state index in [0.717, 1.165) is 12.3 Å². The molecule has 0 heterocycles. The van der Waals surface area contributed by atoms with Crippen molar-refractivity contribution >= 4 is 5.91 Å². The van der Waals surface area contributed by atoms with E-state index in [1.807, 2.05) is 14.1 Å². The summed E-state index contributed by atoms with van der Waals surface area (Å²) in [5.74, 6) is 1.61. The molecule has 90 valence electrons. The summed E-state index contributed by atoms with van der Waals surface area (Å²) in [5, 5.41) is 0. The van der Waals surface area contributed by atoms with Crippen molar-refractivity contribution in [3.05, 3.63) is 0 Å². The monoisotopic (exact) mass is 213 g/mol. The third-order valence-electron chi connectivity index (χ3n) is 2.81. The van der Waals surface area contributed by atoms with Gasteiger partial charge < -0.3 is 4.90 Å². The lowest BCUT2D eigenvalue weighted by Gasteiger charge is -2.19. The molecular formula is C13H27NO. The maximum absolute atomic E-state index is 11.6. The summed E-state index contributed by atoms with van der Waals surface area (Å²) in [6.45, 7) is 6.69. The van der Waals surface area contributed by atoms with Crippen LogP contribution in [0.4, 0.5) is 0 Å². The molecule has 0 radical (unpaired) electrons. The Hall–Kier alpha value is -0.530. The van der Waals surface area contributed by atoms with Crippen LogP contribution < -0.4 is 0 Å². The van der Waals surface area contributed by atoms with Gasteiger partial charge in [0.05, 0.1) is 0 Å². The first-order valence-corrected chi connectivity index (χ1v) is 6.17. The SMILES string of the molecule is CCC[C@@H](CCC(C)C)CC(=O)N(C)C. The predicted molar refractivity (Wildman–Crippen MR) is 65.8 cm³/mol. The van der Waals surface area contributed by atoms with Crippen molar-refractivity contribution in [3.63, 3.8) is 0 Å². The van der Waals surface area contributed by atoms with Crippen LogP contribution in [0.3, 0.4) is 0 Å². The second-order valence-corrected chi connectivity index (χ2v) is 5.12. The largest absolute Gasteiger partial charge is 0.349 e. The molecule has 0 unspecified atom stereocenters. The van der Waals surface area contributed by atoms with Crippen LogP contribution in [-0.2, 0) is 4.79 Å². The highest BCUT2D eigenvalue weighted by Gasteiger charge is 2.14. The van der Waals surface area contributed by atoms with Gasteiger partial charge in [0, 0.05) is 20.5 Å². The van der Waals surface area contributed by atoms with Crippen molar-refractivity contribution in [1.29, 1.82) is 0 Å². The first kappa shape index (κ1) is 14.5. The molecule has 0 fully saturated rings. The molecular weight excluding hydrogens is 186 g/mol. The molecule has 0 saturated heterocycles. The van der Waals surface area contributed by atoms with E-state index in [2.05, 4.69) is 20.8 Å². The number of rotatable bonds is 7. The molecule has 0 N–H and O–H groups in total. The third-order valence-corrected chi connectivity index (χ3v) is 2.81. The Labute approximate surface area is 95.0 Å². The van der Waals surface area contributed by atoms with Crippen molar-refractivity contribution in [2.24, 2.45) is 11.8 Å². The molecule has 0 aromatic carbocycles. The number of amides is 1. The Morgan fingerprint density at radius 3 is 2.13 bits per heavy atom. The number of nitrogens with zero attached hydrogens (tertiary/aromatic N) is 1. The molecule has 0 saturated carbocycles. The summed E-state index contributed by atoms with van der Waals surface area (Å²) in [6.07, 6.45) is 5.54. The van der Waals surface area contributed by atoms with Gasteiger partial charge in [-0.25, -0.2) is 0 Å².